The predicted molar refractivity (Wildman–Crippen MR) is 44.2 cm³/mol. The number of carbonyl (C=O) groups is 1. The van der Waals surface area contributed by atoms with Crippen LogP contribution in [0.3, 0.4) is 0 Å². The van der Waals surface area contributed by atoms with E-state index in [-0.39, 0.29) is 6.10 Å². The van der Waals surface area contributed by atoms with E-state index in [2.05, 4.69) is 11.5 Å². The second kappa shape index (κ2) is 4.93. The molecule has 68 valence electrons. The van der Waals surface area contributed by atoms with E-state index >= 15 is 0 Å². The van der Waals surface area contributed by atoms with Crippen molar-refractivity contribution >= 4 is 5.97 Å². The summed E-state index contributed by atoms with van der Waals surface area (Å²) in [6.45, 7) is 3.27. The first-order valence-corrected chi connectivity index (χ1v) is 4.32. The first kappa shape index (κ1) is 9.26. The fraction of sp³-hybridized carbons (Fsp3) is 0.667. The predicted octanol–water partition coefficient (Wildman–Crippen LogP) is 1.98. The highest BCUT2D eigenvalue weighted by Gasteiger charge is 2.15. The summed E-state index contributed by atoms with van der Waals surface area (Å²) in [6, 6.07) is 0. The first-order valence-electron chi connectivity index (χ1n) is 4.32. The molecular weight excluding hydrogens is 156 g/mol. The zero-order valence-electron chi connectivity index (χ0n) is 7.12. The van der Waals surface area contributed by atoms with Gasteiger partial charge in [0.25, 0.3) is 0 Å². The molecule has 1 saturated carbocycles. The van der Waals surface area contributed by atoms with Crippen LogP contribution in [0.25, 0.3) is 0 Å². The Morgan fingerprint density at radius 3 is 2.58 bits per heavy atom. The summed E-state index contributed by atoms with van der Waals surface area (Å²) < 4.78 is 0. The van der Waals surface area contributed by atoms with E-state index in [1.165, 1.54) is 6.42 Å². The molecule has 0 N–H and O–H groups in total. The molecule has 0 amide bonds. The molecule has 1 fully saturated rings. The lowest BCUT2D eigenvalue weighted by atomic mass is 9.98. The summed E-state index contributed by atoms with van der Waals surface area (Å²) in [4.78, 5) is 20.0. The van der Waals surface area contributed by atoms with Crippen LogP contribution in [-0.4, -0.2) is 12.1 Å². The van der Waals surface area contributed by atoms with E-state index in [1.807, 2.05) is 0 Å². The van der Waals surface area contributed by atoms with Crippen LogP contribution in [0.5, 0.6) is 0 Å². The van der Waals surface area contributed by atoms with Gasteiger partial charge in [-0.05, 0) is 12.8 Å². The molecule has 3 heteroatoms. The molecule has 0 aliphatic heterocycles. The summed E-state index contributed by atoms with van der Waals surface area (Å²) >= 11 is 0. The summed E-state index contributed by atoms with van der Waals surface area (Å²) in [5.41, 5.74) is 0. The van der Waals surface area contributed by atoms with Crippen LogP contribution in [0.1, 0.15) is 32.1 Å². The summed E-state index contributed by atoms with van der Waals surface area (Å²) in [6.07, 6.45) is 6.77. The van der Waals surface area contributed by atoms with Crippen LogP contribution < -0.4 is 0 Å². The highest BCUT2D eigenvalue weighted by Crippen LogP contribution is 2.20. The molecule has 1 aliphatic rings. The molecule has 0 bridgehead atoms. The summed E-state index contributed by atoms with van der Waals surface area (Å²) in [5, 5.41) is 0. The van der Waals surface area contributed by atoms with E-state index in [0.717, 1.165) is 31.8 Å². The molecule has 1 aliphatic carbocycles. The highest BCUT2D eigenvalue weighted by molar-refractivity contribution is 5.80. The standard InChI is InChI=1S/C9H14O3/c1-2-9(10)12-11-8-6-4-3-5-7-8/h2,8H,1,3-7H2. The normalized spacial score (nSPS) is 18.7. The lowest BCUT2D eigenvalue weighted by Gasteiger charge is -2.19. The Balaban J connectivity index is 2.12. The van der Waals surface area contributed by atoms with E-state index in [9.17, 15) is 4.79 Å². The lowest BCUT2D eigenvalue weighted by molar-refractivity contribution is -0.297. The maximum atomic E-state index is 10.6. The third-order valence-electron chi connectivity index (χ3n) is 1.99. The molecular formula is C9H14O3. The van der Waals surface area contributed by atoms with Gasteiger partial charge in [0.1, 0.15) is 6.10 Å². The Morgan fingerprint density at radius 1 is 1.33 bits per heavy atom. The van der Waals surface area contributed by atoms with Crippen molar-refractivity contribution in [1.82, 2.24) is 0 Å². The van der Waals surface area contributed by atoms with Crippen LogP contribution in [0.2, 0.25) is 0 Å². The third-order valence-corrected chi connectivity index (χ3v) is 1.99. The van der Waals surface area contributed by atoms with Crippen molar-refractivity contribution < 1.29 is 14.6 Å². The van der Waals surface area contributed by atoms with Crippen molar-refractivity contribution in [2.75, 3.05) is 0 Å². The van der Waals surface area contributed by atoms with E-state index in [4.69, 9.17) is 4.89 Å². The van der Waals surface area contributed by atoms with Crippen molar-refractivity contribution in [1.29, 1.82) is 0 Å². The van der Waals surface area contributed by atoms with Crippen LogP contribution in [-0.2, 0) is 14.6 Å². The van der Waals surface area contributed by atoms with E-state index in [0.29, 0.717) is 0 Å². The van der Waals surface area contributed by atoms with Gasteiger partial charge in [-0.25, -0.2) is 4.79 Å². The molecule has 1 rings (SSSR count). The van der Waals surface area contributed by atoms with E-state index in [1.54, 1.807) is 0 Å². The molecule has 0 unspecified atom stereocenters. The smallest absolute Gasteiger partial charge is 0.293 e. The van der Waals surface area contributed by atoms with Crippen molar-refractivity contribution in [2.24, 2.45) is 0 Å². The van der Waals surface area contributed by atoms with Crippen molar-refractivity contribution in [2.45, 2.75) is 38.2 Å². The second-order valence-electron chi connectivity index (χ2n) is 2.96. The lowest BCUT2D eigenvalue weighted by Crippen LogP contribution is -2.18. The number of hydrogen-bond donors (Lipinski definition) is 0. The van der Waals surface area contributed by atoms with Gasteiger partial charge in [-0.3, -0.25) is 4.89 Å². The van der Waals surface area contributed by atoms with Gasteiger partial charge in [-0.15, -0.1) is 0 Å². The SMILES string of the molecule is C=CC(=O)OOC1CCCCC1. The average molecular weight is 170 g/mol. The molecule has 0 spiro atoms. The van der Waals surface area contributed by atoms with Crippen molar-refractivity contribution in [3.63, 3.8) is 0 Å². The molecule has 3 nitrogen and oxygen atoms in total. The van der Waals surface area contributed by atoms with Crippen molar-refractivity contribution in [3.05, 3.63) is 12.7 Å². The van der Waals surface area contributed by atoms with Crippen molar-refractivity contribution in [3.8, 4) is 0 Å². The van der Waals surface area contributed by atoms with Crippen LogP contribution in [0.4, 0.5) is 0 Å². The van der Waals surface area contributed by atoms with Gasteiger partial charge in [0, 0.05) is 6.08 Å². The number of rotatable bonds is 3. The molecule has 0 radical (unpaired) electrons. The van der Waals surface area contributed by atoms with Gasteiger partial charge in [-0.1, -0.05) is 25.8 Å². The molecule has 12 heavy (non-hydrogen) atoms. The quantitative estimate of drug-likeness (QED) is 0.369. The van der Waals surface area contributed by atoms with Gasteiger partial charge in [0.15, 0.2) is 0 Å². The number of hydrogen-bond acceptors (Lipinski definition) is 3. The fourth-order valence-electron chi connectivity index (χ4n) is 1.31. The Morgan fingerprint density at radius 2 is 2.00 bits per heavy atom. The van der Waals surface area contributed by atoms with E-state index < -0.39 is 5.97 Å². The Labute approximate surface area is 72.3 Å². The van der Waals surface area contributed by atoms with Crippen LogP contribution in [0.15, 0.2) is 12.7 Å². The third kappa shape index (κ3) is 3.05. The first-order chi connectivity index (χ1) is 5.83. The number of carbonyl (C=O) groups excluding carboxylic acids is 1. The monoisotopic (exact) mass is 170 g/mol. The molecule has 0 aromatic heterocycles. The van der Waals surface area contributed by atoms with Crippen LogP contribution in [0, 0.1) is 0 Å². The summed E-state index contributed by atoms with van der Waals surface area (Å²) in [7, 11) is 0. The van der Waals surface area contributed by atoms with Gasteiger partial charge in [0.2, 0.25) is 0 Å². The Kier molecular flexibility index (Phi) is 3.80. The van der Waals surface area contributed by atoms with Gasteiger partial charge in [-0.2, -0.15) is 4.89 Å². The minimum absolute atomic E-state index is 0.0997. The van der Waals surface area contributed by atoms with Gasteiger partial charge in [0.05, 0.1) is 0 Å². The molecule has 0 aromatic rings. The Bertz CT molecular complexity index is 159. The van der Waals surface area contributed by atoms with Gasteiger partial charge < -0.3 is 0 Å². The minimum Gasteiger partial charge on any atom is -0.293 e. The minimum atomic E-state index is -0.513. The van der Waals surface area contributed by atoms with Gasteiger partial charge >= 0.3 is 5.97 Å². The highest BCUT2D eigenvalue weighted by atomic mass is 17.2. The zero-order chi connectivity index (χ0) is 8.81. The second-order valence-corrected chi connectivity index (χ2v) is 2.96. The largest absolute Gasteiger partial charge is 0.365 e. The topological polar surface area (TPSA) is 35.5 Å². The average Bonchev–Trinajstić information content (AvgIpc) is 2.16. The molecule has 0 aromatic carbocycles. The molecule has 0 saturated heterocycles. The zero-order valence-corrected chi connectivity index (χ0v) is 7.12. The Hall–Kier alpha value is -0.830. The maximum Gasteiger partial charge on any atom is 0.365 e. The molecule has 0 heterocycles. The molecule has 0 atom stereocenters. The van der Waals surface area contributed by atoms with Crippen LogP contribution >= 0.6 is 0 Å². The summed E-state index contributed by atoms with van der Waals surface area (Å²) in [5.74, 6) is -0.513. The fourth-order valence-corrected chi connectivity index (χ4v) is 1.31. The maximum absolute atomic E-state index is 10.6.